The Kier molecular flexibility index (Phi) is 20.1. The Morgan fingerprint density at radius 1 is 0.172 bits per heavy atom. The fourth-order valence-electron chi connectivity index (χ4n) is 23.8. The monoisotopic (exact) mass is 1900 g/mol. The number of fused-ring (bicyclic) bond motifs is 22. The van der Waals surface area contributed by atoms with Crippen molar-refractivity contribution in [2.24, 2.45) is 0 Å². The number of hydrogen-bond acceptors (Lipinski definition) is 4. The van der Waals surface area contributed by atoms with E-state index in [1.807, 2.05) is 0 Å². The number of benzene rings is 16. The van der Waals surface area contributed by atoms with Crippen LogP contribution in [-0.2, 0) is 54.1 Å². The van der Waals surface area contributed by atoms with Gasteiger partial charge < -0.3 is 36.9 Å². The minimum atomic E-state index is -0.363. The zero-order valence-corrected chi connectivity index (χ0v) is 90.7. The summed E-state index contributed by atoms with van der Waals surface area (Å²) in [4.78, 5) is 5.29. The molecule has 2 aliphatic rings. The maximum atomic E-state index is 8.19. The number of anilines is 6. The van der Waals surface area contributed by atoms with Crippen LogP contribution in [0.15, 0.2) is 294 Å². The van der Waals surface area contributed by atoms with E-state index in [1.54, 1.807) is 0 Å². The van der Waals surface area contributed by atoms with Gasteiger partial charge in [-0.25, -0.2) is 0 Å². The van der Waals surface area contributed by atoms with Gasteiger partial charge in [0.25, 0.3) is 6.71 Å². The normalized spacial score (nSPS) is 14.0. The number of nitrogens with zero attached hydrogens (tertiary/aromatic N) is 6. The van der Waals surface area contributed by atoms with Gasteiger partial charge in [-0.3, -0.25) is 0 Å². The van der Waals surface area contributed by atoms with Crippen molar-refractivity contribution in [3.63, 3.8) is 0 Å². The molecule has 8 nitrogen and oxygen atoms in total. The average molecular weight is 1900 g/mol. The molecule has 726 valence electrons. The van der Waals surface area contributed by atoms with Crippen LogP contribution in [0.5, 0.6) is 0 Å². The second-order valence-corrected chi connectivity index (χ2v) is 52.8. The van der Waals surface area contributed by atoms with E-state index < -0.39 is 0 Å². The van der Waals surface area contributed by atoms with Crippen LogP contribution in [0.4, 0.5) is 34.1 Å². The predicted octanol–water partition coefficient (Wildman–Crippen LogP) is 36.6. The highest BCUT2D eigenvalue weighted by molar-refractivity contribution is 7.00. The molecule has 0 saturated heterocycles. The molecule has 0 amide bonds. The summed E-state index contributed by atoms with van der Waals surface area (Å²) in [6, 6.07) is 113. The van der Waals surface area contributed by atoms with Crippen molar-refractivity contribution in [3.05, 3.63) is 341 Å². The molecule has 0 fully saturated rings. The van der Waals surface area contributed by atoms with Gasteiger partial charge in [0.15, 0.2) is 22.3 Å². The first-order chi connectivity index (χ1) is 68.2. The highest BCUT2D eigenvalue weighted by Crippen LogP contribution is 2.56. The van der Waals surface area contributed by atoms with Gasteiger partial charge in [-0.1, -0.05) is 335 Å². The Morgan fingerprint density at radius 2 is 0.393 bits per heavy atom. The van der Waals surface area contributed by atoms with E-state index in [0.717, 1.165) is 156 Å². The molecule has 0 saturated carbocycles. The fraction of sp³-hybridized carbons (Fsp3) is 0.294. The summed E-state index contributed by atoms with van der Waals surface area (Å²) in [5, 5.41) is 14.0. The van der Waals surface area contributed by atoms with E-state index in [9.17, 15) is 0 Å². The van der Waals surface area contributed by atoms with Crippen LogP contribution in [0.1, 0.15) is 263 Å². The van der Waals surface area contributed by atoms with Crippen LogP contribution in [-0.4, -0.2) is 25.0 Å². The lowest BCUT2D eigenvalue weighted by Gasteiger charge is -2.44. The van der Waals surface area contributed by atoms with Crippen LogP contribution < -0.4 is 26.2 Å². The minimum Gasteiger partial charge on any atom is -0.452 e. The van der Waals surface area contributed by atoms with E-state index >= 15 is 0 Å². The Hall–Kier alpha value is -14.0. The number of para-hydroxylation sites is 4. The van der Waals surface area contributed by atoms with Crippen LogP contribution in [0.2, 0.25) is 0 Å². The molecule has 24 rings (SSSR count). The SMILES string of the molecule is CC(C)(C)c1cc(-c2cc3c4c(c2)N(c2cccc5c2oc2c(-n6c7ccc(C(C)(C)C)cc7c7cc(C(C)(C)C)ccc76)cccc25)c2cc(-n5c6ccc(C(C)(C)C)cc6c6cc(C(C)(C)C)ccc65)ccc2B4c2ccc(-n4c5ccc(C(C)(C)C)cc5c5cc(C(C)(C)C)ccc54)cc2N3c2cccc3c2oc2c(-n4c5ccc(C(C)(C)C)cc5c5cc(C(C)(C)C)ccc54)cccc23)cc(C(C)(C)C)c1. The predicted molar refractivity (Wildman–Crippen MR) is 625 cm³/mol. The minimum absolute atomic E-state index is 0.0834. The van der Waals surface area contributed by atoms with Gasteiger partial charge in [0.05, 0.1) is 66.9 Å². The van der Waals surface area contributed by atoms with Gasteiger partial charge in [-0.05, 0) is 295 Å². The van der Waals surface area contributed by atoms with Crippen LogP contribution >= 0.6 is 0 Å². The van der Waals surface area contributed by atoms with Crippen molar-refractivity contribution in [3.8, 4) is 33.9 Å². The zero-order valence-electron chi connectivity index (χ0n) is 90.7. The highest BCUT2D eigenvalue weighted by Gasteiger charge is 2.47. The zero-order chi connectivity index (χ0) is 102. The van der Waals surface area contributed by atoms with E-state index in [2.05, 4.69) is 521 Å². The quantitative estimate of drug-likeness (QED) is 0.149. The molecule has 8 heterocycles. The van der Waals surface area contributed by atoms with Crippen molar-refractivity contribution in [2.45, 2.75) is 262 Å². The Bertz CT molecular complexity index is 8490. The molecule has 0 bridgehead atoms. The third kappa shape index (κ3) is 14.7. The van der Waals surface area contributed by atoms with Gasteiger partial charge >= 0.3 is 0 Å². The van der Waals surface area contributed by atoms with E-state index in [0.29, 0.717) is 0 Å². The molecule has 16 aromatic carbocycles. The van der Waals surface area contributed by atoms with Gasteiger partial charge in [-0.2, -0.15) is 0 Å². The molecule has 145 heavy (non-hydrogen) atoms. The molecule has 9 heteroatoms. The van der Waals surface area contributed by atoms with Gasteiger partial charge in [-0.15, -0.1) is 0 Å². The summed E-state index contributed by atoms with van der Waals surface area (Å²) in [6.45, 7) is 69.9. The Morgan fingerprint density at radius 3 is 0.634 bits per heavy atom. The average Bonchev–Trinajstić information content (AvgIpc) is 1.68. The first-order valence-electron chi connectivity index (χ1n) is 52.7. The van der Waals surface area contributed by atoms with Gasteiger partial charge in [0.2, 0.25) is 0 Å². The summed E-state index contributed by atoms with van der Waals surface area (Å²) in [5.41, 5.74) is 40.0. The molecule has 0 atom stereocenters. The molecule has 0 N–H and O–H groups in total. The topological polar surface area (TPSA) is 52.5 Å². The first-order valence-corrected chi connectivity index (χ1v) is 52.7. The molecular formula is C136H137BN6O2. The third-order valence-electron chi connectivity index (χ3n) is 32.5. The maximum Gasteiger partial charge on any atom is 0.252 e. The van der Waals surface area contributed by atoms with Crippen LogP contribution in [0, 0.1) is 0 Å². The Labute approximate surface area is 855 Å². The second-order valence-electron chi connectivity index (χ2n) is 52.8. The molecule has 22 aromatic rings. The third-order valence-corrected chi connectivity index (χ3v) is 32.5. The van der Waals surface area contributed by atoms with Gasteiger partial charge in [0, 0.05) is 98.8 Å². The molecule has 0 unspecified atom stereocenters. The lowest BCUT2D eigenvalue weighted by atomic mass is 9.33. The molecule has 0 spiro atoms. The highest BCUT2D eigenvalue weighted by atomic mass is 16.3. The number of furan rings is 2. The molecular weight excluding hydrogens is 1760 g/mol. The lowest BCUT2D eigenvalue weighted by molar-refractivity contribution is 0.569. The summed E-state index contributed by atoms with van der Waals surface area (Å²) < 4.78 is 26.5. The number of hydrogen-bond donors (Lipinski definition) is 0. The molecule has 0 radical (unpaired) electrons. The van der Waals surface area contributed by atoms with E-state index in [4.69, 9.17) is 8.83 Å². The lowest BCUT2D eigenvalue weighted by Crippen LogP contribution is -2.61. The summed E-state index contributed by atoms with van der Waals surface area (Å²) >= 11 is 0. The number of rotatable bonds is 7. The molecule has 6 aromatic heterocycles. The van der Waals surface area contributed by atoms with E-state index in [1.165, 1.54) is 115 Å². The summed E-state index contributed by atoms with van der Waals surface area (Å²) in [6.07, 6.45) is 0. The van der Waals surface area contributed by atoms with Crippen molar-refractivity contribution >= 4 is 188 Å². The molecule has 2 aliphatic heterocycles. The van der Waals surface area contributed by atoms with Crippen molar-refractivity contribution in [1.82, 2.24) is 18.3 Å². The smallest absolute Gasteiger partial charge is 0.252 e. The largest absolute Gasteiger partial charge is 0.452 e. The maximum absolute atomic E-state index is 8.19. The van der Waals surface area contributed by atoms with Crippen LogP contribution in [0.3, 0.4) is 0 Å². The van der Waals surface area contributed by atoms with E-state index in [-0.39, 0.29) is 60.9 Å². The standard InChI is InChI=1S/C136H137BN6O2/c1-127(2,3)80-43-55-106-96(68-80)97-69-81(128(4,5)6)44-56-107(97)138(106)90-51-53-104-118(76-90)142(116-41-33-37-94-92-35-31-39-114(123(92)144-125(94)116)140-110-59-47-84(131(13,14)15)72-100(110)101-73-85(132(16,17)18)48-60-111(101)140)120-65-79(78-63-88(135(25,26)27)67-89(64-78)136(28,29)30)66-121-122(120)137(104)105-54-52-91(139-108-57-45-82(129(7,8)9)70-98(108)99-71-83(130(10,11)12)46-58-109(99)139)77-119(105)143(121)117-42-34-38-95-93-36-32-40-115(124(93)145-126(95)117)141-112-61-49-86(133(19,20)21)74-102(112)103-75-87(134(22,23)24)50-62-113(103)141/h31-77H,1-30H3. The summed E-state index contributed by atoms with van der Waals surface area (Å²) in [5.74, 6) is 0. The second kappa shape index (κ2) is 31.3. The summed E-state index contributed by atoms with van der Waals surface area (Å²) in [7, 11) is 0. The van der Waals surface area contributed by atoms with Crippen molar-refractivity contribution in [2.75, 3.05) is 9.80 Å². The fourth-order valence-corrected chi connectivity index (χ4v) is 23.8. The van der Waals surface area contributed by atoms with Gasteiger partial charge in [0.1, 0.15) is 0 Å². The Balaban J connectivity index is 0.844. The first kappa shape index (κ1) is 93.3. The van der Waals surface area contributed by atoms with Crippen LogP contribution in [0.25, 0.3) is 165 Å². The number of aromatic nitrogens is 4. The van der Waals surface area contributed by atoms with Crippen molar-refractivity contribution in [1.29, 1.82) is 0 Å². The van der Waals surface area contributed by atoms with Crippen molar-refractivity contribution < 1.29 is 8.83 Å². The molecule has 0 aliphatic carbocycles.